The van der Waals surface area contributed by atoms with Crippen molar-refractivity contribution in [3.8, 4) is 0 Å². The van der Waals surface area contributed by atoms with Crippen LogP contribution in [0.4, 0.5) is 0 Å². The highest BCUT2D eigenvalue weighted by Gasteiger charge is 2.11. The molecule has 0 amide bonds. The van der Waals surface area contributed by atoms with E-state index in [0.717, 1.165) is 32.2 Å². The average Bonchev–Trinajstić information content (AvgIpc) is 3.46. The smallest absolute Gasteiger partial charge is 0.305 e. The summed E-state index contributed by atoms with van der Waals surface area (Å²) >= 11 is 0. The van der Waals surface area contributed by atoms with Crippen LogP contribution in [0.5, 0.6) is 0 Å². The van der Waals surface area contributed by atoms with E-state index in [1.165, 1.54) is 82.8 Å². The van der Waals surface area contributed by atoms with E-state index >= 15 is 0 Å². The maximum absolute atomic E-state index is 12.3. The van der Waals surface area contributed by atoms with Gasteiger partial charge in [0.2, 0.25) is 0 Å². The number of aryl methyl sites for hydroxylation is 2. The molecule has 0 N–H and O–H groups in total. The molecule has 0 radical (unpaired) electrons. The van der Waals surface area contributed by atoms with Crippen LogP contribution >= 0.6 is 0 Å². The van der Waals surface area contributed by atoms with Crippen LogP contribution < -0.4 is 0 Å². The van der Waals surface area contributed by atoms with Gasteiger partial charge in [0.1, 0.15) is 0 Å². The van der Waals surface area contributed by atoms with Crippen LogP contribution in [0.25, 0.3) is 32.3 Å². The molecule has 198 valence electrons. The molecule has 0 saturated carbocycles. The summed E-state index contributed by atoms with van der Waals surface area (Å²) in [5.41, 5.74) is 1.32. The molecule has 0 aliphatic rings. The first-order valence-corrected chi connectivity index (χ1v) is 14.7. The van der Waals surface area contributed by atoms with Gasteiger partial charge >= 0.3 is 5.97 Å². The Bertz CT molecular complexity index is 1400. The second-order valence-corrected chi connectivity index (χ2v) is 10.8. The number of aromatic nitrogens is 1. The van der Waals surface area contributed by atoms with Crippen molar-refractivity contribution in [3.05, 3.63) is 84.7 Å². The van der Waals surface area contributed by atoms with Crippen molar-refractivity contribution in [3.63, 3.8) is 0 Å². The summed E-state index contributed by atoms with van der Waals surface area (Å²) in [7, 11) is 0. The summed E-state index contributed by atoms with van der Waals surface area (Å²) in [5.74, 6) is -0.0531. The van der Waals surface area contributed by atoms with Gasteiger partial charge in [0, 0.05) is 25.4 Å². The second-order valence-electron chi connectivity index (χ2n) is 10.8. The number of carbonyl (C=O) groups is 1. The van der Waals surface area contributed by atoms with Crippen LogP contribution in [0.3, 0.4) is 0 Å². The van der Waals surface area contributed by atoms with Crippen molar-refractivity contribution < 1.29 is 9.53 Å². The Morgan fingerprint density at radius 2 is 1.21 bits per heavy atom. The van der Waals surface area contributed by atoms with Crippen LogP contribution in [0.2, 0.25) is 0 Å². The molecule has 0 fully saturated rings. The molecule has 0 aliphatic heterocycles. The highest BCUT2D eigenvalue weighted by atomic mass is 16.5. The minimum absolute atomic E-state index is 0.0531. The molecule has 5 aromatic rings. The van der Waals surface area contributed by atoms with Crippen molar-refractivity contribution >= 4 is 38.3 Å². The summed E-state index contributed by atoms with van der Waals surface area (Å²) in [6, 6.07) is 24.1. The Kier molecular flexibility index (Phi) is 9.31. The van der Waals surface area contributed by atoms with Crippen LogP contribution in [-0.4, -0.2) is 17.1 Å². The van der Waals surface area contributed by atoms with Crippen LogP contribution in [0.1, 0.15) is 76.2 Å². The van der Waals surface area contributed by atoms with Gasteiger partial charge in [-0.05, 0) is 75.7 Å². The van der Waals surface area contributed by atoms with Crippen molar-refractivity contribution in [2.24, 2.45) is 0 Å². The highest BCUT2D eigenvalue weighted by Crippen LogP contribution is 2.36. The standard InChI is InChI=1S/C35H41NO2/c37-33(38-27-11-7-5-3-1-2-4-6-8-24-36-25-9-10-26-36)17-13-14-28-18-19-31-21-20-29-15-12-16-30-22-23-32(28)35(31)34(29)30/h9-10,12,15-16,18-23,25-26H,1-8,11,13-14,17,24,27H2. The third-order valence-electron chi connectivity index (χ3n) is 7.94. The number of hydrogen-bond donors (Lipinski definition) is 0. The van der Waals surface area contributed by atoms with Gasteiger partial charge in [0.25, 0.3) is 0 Å². The lowest BCUT2D eigenvalue weighted by Gasteiger charge is -2.14. The average molecular weight is 508 g/mol. The summed E-state index contributed by atoms with van der Waals surface area (Å²) < 4.78 is 7.79. The van der Waals surface area contributed by atoms with Crippen LogP contribution in [0.15, 0.2) is 79.1 Å². The Hall–Kier alpha value is -3.33. The molecular weight excluding hydrogens is 466 g/mol. The Morgan fingerprint density at radius 1 is 0.605 bits per heavy atom. The zero-order valence-electron chi connectivity index (χ0n) is 22.7. The maximum atomic E-state index is 12.3. The lowest BCUT2D eigenvalue weighted by molar-refractivity contribution is -0.143. The molecule has 5 rings (SSSR count). The first-order valence-electron chi connectivity index (χ1n) is 14.7. The number of esters is 1. The SMILES string of the molecule is O=C(CCCc1ccc2ccc3cccc4ccc1c2c34)OCCCCCCCCCCCn1cccc1. The molecule has 0 aliphatic carbocycles. The zero-order valence-corrected chi connectivity index (χ0v) is 22.7. The fraction of sp³-hybridized carbons (Fsp3) is 0.400. The van der Waals surface area contributed by atoms with E-state index in [4.69, 9.17) is 4.74 Å². The summed E-state index contributed by atoms with van der Waals surface area (Å²) in [5, 5.41) is 7.90. The lowest BCUT2D eigenvalue weighted by Crippen LogP contribution is -2.06. The van der Waals surface area contributed by atoms with Gasteiger partial charge in [0.15, 0.2) is 0 Å². The number of rotatable bonds is 16. The quantitative estimate of drug-likeness (QED) is 0.0756. The molecule has 1 heterocycles. The molecule has 0 atom stereocenters. The number of unbranched alkanes of at least 4 members (excludes halogenated alkanes) is 8. The van der Waals surface area contributed by atoms with E-state index in [1.54, 1.807) is 0 Å². The Morgan fingerprint density at radius 3 is 1.95 bits per heavy atom. The molecule has 0 bridgehead atoms. The summed E-state index contributed by atoms with van der Waals surface area (Å²) in [4.78, 5) is 12.3. The Balaban J connectivity index is 0.937. The predicted molar refractivity (Wildman–Crippen MR) is 160 cm³/mol. The fourth-order valence-electron chi connectivity index (χ4n) is 5.85. The zero-order chi connectivity index (χ0) is 26.0. The Labute approximate surface area is 227 Å². The van der Waals surface area contributed by atoms with E-state index in [-0.39, 0.29) is 5.97 Å². The van der Waals surface area contributed by atoms with Gasteiger partial charge in [-0.2, -0.15) is 0 Å². The molecular formula is C35H41NO2. The molecule has 0 saturated heterocycles. The summed E-state index contributed by atoms with van der Waals surface area (Å²) in [6.45, 7) is 1.71. The van der Waals surface area contributed by atoms with Crippen molar-refractivity contribution in [2.75, 3.05) is 6.61 Å². The number of nitrogens with zero attached hydrogens (tertiary/aromatic N) is 1. The number of hydrogen-bond acceptors (Lipinski definition) is 2. The monoisotopic (exact) mass is 507 g/mol. The van der Waals surface area contributed by atoms with Gasteiger partial charge in [-0.1, -0.05) is 99.5 Å². The molecule has 38 heavy (non-hydrogen) atoms. The first kappa shape index (κ1) is 26.3. The number of benzene rings is 4. The van der Waals surface area contributed by atoms with Crippen LogP contribution in [0, 0.1) is 0 Å². The predicted octanol–water partition coefficient (Wildman–Crippen LogP) is 9.46. The van der Waals surface area contributed by atoms with Crippen molar-refractivity contribution in [2.45, 2.75) is 83.6 Å². The second kappa shape index (κ2) is 13.5. The first-order chi connectivity index (χ1) is 18.8. The van der Waals surface area contributed by atoms with Crippen molar-refractivity contribution in [1.29, 1.82) is 0 Å². The molecule has 0 unspecified atom stereocenters. The third kappa shape index (κ3) is 6.75. The molecule has 3 heteroatoms. The van der Waals surface area contributed by atoms with Gasteiger partial charge in [-0.3, -0.25) is 4.79 Å². The maximum Gasteiger partial charge on any atom is 0.305 e. The largest absolute Gasteiger partial charge is 0.466 e. The molecule has 3 nitrogen and oxygen atoms in total. The third-order valence-corrected chi connectivity index (χ3v) is 7.94. The fourth-order valence-corrected chi connectivity index (χ4v) is 5.85. The van der Waals surface area contributed by atoms with Crippen LogP contribution in [-0.2, 0) is 22.5 Å². The van der Waals surface area contributed by atoms with E-state index in [1.807, 2.05) is 0 Å². The minimum Gasteiger partial charge on any atom is -0.466 e. The minimum atomic E-state index is -0.0531. The van der Waals surface area contributed by atoms with Gasteiger partial charge in [-0.25, -0.2) is 0 Å². The number of ether oxygens (including phenoxy) is 1. The van der Waals surface area contributed by atoms with E-state index in [0.29, 0.717) is 13.0 Å². The molecule has 0 spiro atoms. The topological polar surface area (TPSA) is 31.2 Å². The van der Waals surface area contributed by atoms with Crippen molar-refractivity contribution in [1.82, 2.24) is 4.57 Å². The van der Waals surface area contributed by atoms with Gasteiger partial charge in [0.05, 0.1) is 6.61 Å². The lowest BCUT2D eigenvalue weighted by atomic mass is 9.90. The molecule has 1 aromatic heterocycles. The van der Waals surface area contributed by atoms with E-state index in [2.05, 4.69) is 83.7 Å². The summed E-state index contributed by atoms with van der Waals surface area (Å²) in [6.07, 6.45) is 17.8. The number of carbonyl (C=O) groups excluding carboxylic acids is 1. The van der Waals surface area contributed by atoms with E-state index < -0.39 is 0 Å². The van der Waals surface area contributed by atoms with Gasteiger partial charge < -0.3 is 9.30 Å². The normalized spacial score (nSPS) is 11.7. The highest BCUT2D eigenvalue weighted by molar-refractivity contribution is 6.23. The van der Waals surface area contributed by atoms with E-state index in [9.17, 15) is 4.79 Å². The van der Waals surface area contributed by atoms with Gasteiger partial charge in [-0.15, -0.1) is 0 Å². The molecule has 4 aromatic carbocycles.